The van der Waals surface area contributed by atoms with E-state index in [1.165, 1.54) is 18.9 Å². The fraction of sp³-hybridized carbons (Fsp3) is 0.818. The van der Waals surface area contributed by atoms with Crippen LogP contribution in [0.25, 0.3) is 0 Å². The molecule has 3 atom stereocenters. The van der Waals surface area contributed by atoms with Gasteiger partial charge in [0.25, 0.3) is 0 Å². The van der Waals surface area contributed by atoms with Gasteiger partial charge in [-0.05, 0) is 52.4 Å². The van der Waals surface area contributed by atoms with Gasteiger partial charge < -0.3 is 20.1 Å². The van der Waals surface area contributed by atoms with Gasteiger partial charge in [0, 0.05) is 15.4 Å². The number of nitrogens with zero attached hydrogens (tertiary/aromatic N) is 2. The van der Waals surface area contributed by atoms with E-state index in [4.69, 9.17) is 6.11 Å². The summed E-state index contributed by atoms with van der Waals surface area (Å²) in [4.78, 5) is 52.3. The van der Waals surface area contributed by atoms with Crippen molar-refractivity contribution in [1.82, 2.24) is 15.1 Å². The molecule has 0 rings (SSSR count). The molecule has 0 radical (unpaired) electrons. The van der Waals surface area contributed by atoms with Gasteiger partial charge in [-0.3, -0.25) is 14.5 Å². The van der Waals surface area contributed by atoms with E-state index in [-0.39, 0.29) is 18.3 Å². The minimum absolute atomic E-state index is 0.0177. The fourth-order valence-electron chi connectivity index (χ4n) is 2.83. The van der Waals surface area contributed by atoms with E-state index in [1.54, 1.807) is 20.8 Å². The summed E-state index contributed by atoms with van der Waals surface area (Å²) in [5.74, 6) is -2.31. The SMILES string of the molecule is [2H]CN(C(=O)[C@H](CC(C)C)NC(=O)[C@H](CC(C)C)N(C)C(=O)OC(C)(C)C)[C@@H](C)C(=O)O. The molecule has 3 amide bonds. The Morgan fingerprint density at radius 1 is 1.00 bits per heavy atom. The molecule has 0 aliphatic heterocycles. The third-order valence-corrected chi connectivity index (χ3v) is 4.58. The van der Waals surface area contributed by atoms with Crippen LogP contribution in [-0.4, -0.2) is 76.6 Å². The Morgan fingerprint density at radius 3 is 1.90 bits per heavy atom. The van der Waals surface area contributed by atoms with Gasteiger partial charge in [-0.1, -0.05) is 27.7 Å². The van der Waals surface area contributed by atoms with Crippen molar-refractivity contribution < 1.29 is 30.4 Å². The molecule has 0 aliphatic carbocycles. The molecular formula is C22H41N3O6. The van der Waals surface area contributed by atoms with Crippen LogP contribution in [-0.2, 0) is 19.1 Å². The predicted octanol–water partition coefficient (Wildman–Crippen LogP) is 2.73. The Balaban J connectivity index is 5.81. The van der Waals surface area contributed by atoms with E-state index >= 15 is 0 Å². The van der Waals surface area contributed by atoms with Crippen LogP contribution in [0.1, 0.15) is 69.6 Å². The molecule has 0 aromatic rings. The Morgan fingerprint density at radius 2 is 1.52 bits per heavy atom. The first kappa shape index (κ1) is 26.7. The van der Waals surface area contributed by atoms with Crippen molar-refractivity contribution in [3.8, 4) is 0 Å². The second-order valence-electron chi connectivity index (χ2n) is 9.75. The summed E-state index contributed by atoms with van der Waals surface area (Å²) < 4.78 is 13.0. The molecule has 0 saturated heterocycles. The number of carbonyl (C=O) groups is 4. The van der Waals surface area contributed by atoms with Crippen molar-refractivity contribution in [2.45, 2.75) is 92.0 Å². The predicted molar refractivity (Wildman–Crippen MR) is 118 cm³/mol. The van der Waals surface area contributed by atoms with Crippen LogP contribution in [0.5, 0.6) is 0 Å². The molecule has 31 heavy (non-hydrogen) atoms. The molecule has 9 heteroatoms. The highest BCUT2D eigenvalue weighted by atomic mass is 16.6. The monoisotopic (exact) mass is 444 g/mol. The molecule has 0 unspecified atom stereocenters. The van der Waals surface area contributed by atoms with Crippen LogP contribution >= 0.6 is 0 Å². The van der Waals surface area contributed by atoms with Crippen molar-refractivity contribution in [2.75, 3.05) is 14.1 Å². The lowest BCUT2D eigenvalue weighted by Crippen LogP contribution is -2.56. The number of hydrogen-bond acceptors (Lipinski definition) is 5. The third kappa shape index (κ3) is 10.0. The van der Waals surface area contributed by atoms with Gasteiger partial charge in [0.1, 0.15) is 23.7 Å². The van der Waals surface area contributed by atoms with Gasteiger partial charge in [-0.15, -0.1) is 0 Å². The molecule has 0 spiro atoms. The fourth-order valence-corrected chi connectivity index (χ4v) is 2.83. The minimum atomic E-state index is -1.23. The van der Waals surface area contributed by atoms with Crippen molar-refractivity contribution in [1.29, 1.82) is 0 Å². The molecule has 9 nitrogen and oxygen atoms in total. The summed E-state index contributed by atoms with van der Waals surface area (Å²) in [7, 11) is 0.923. The van der Waals surface area contributed by atoms with Crippen molar-refractivity contribution in [2.24, 2.45) is 11.8 Å². The summed E-state index contributed by atoms with van der Waals surface area (Å²) in [6.07, 6.45) is -0.0483. The highest BCUT2D eigenvalue weighted by Crippen LogP contribution is 2.17. The van der Waals surface area contributed by atoms with Gasteiger partial charge >= 0.3 is 12.1 Å². The molecule has 0 heterocycles. The molecule has 0 aromatic heterocycles. The number of carboxylic acids is 1. The first-order valence-corrected chi connectivity index (χ1v) is 10.6. The third-order valence-electron chi connectivity index (χ3n) is 4.58. The summed E-state index contributed by atoms with van der Waals surface area (Å²) in [6, 6.07) is -3.10. The zero-order chi connectivity index (χ0) is 25.4. The number of aliphatic carboxylic acids is 1. The first-order valence-electron chi connectivity index (χ1n) is 11.3. The topological polar surface area (TPSA) is 116 Å². The summed E-state index contributed by atoms with van der Waals surface area (Å²) in [5, 5.41) is 12.0. The number of carboxylic acid groups (broad SMARTS) is 1. The van der Waals surface area contributed by atoms with Crippen molar-refractivity contribution in [3.05, 3.63) is 0 Å². The highest BCUT2D eigenvalue weighted by molar-refractivity contribution is 5.92. The first-order chi connectivity index (χ1) is 14.5. The lowest BCUT2D eigenvalue weighted by Gasteiger charge is -2.33. The van der Waals surface area contributed by atoms with Crippen LogP contribution in [0, 0.1) is 11.8 Å². The van der Waals surface area contributed by atoms with Crippen molar-refractivity contribution >= 4 is 23.9 Å². The van der Waals surface area contributed by atoms with Crippen LogP contribution in [0.2, 0.25) is 0 Å². The van der Waals surface area contributed by atoms with E-state index in [9.17, 15) is 24.3 Å². The maximum atomic E-state index is 13.2. The quantitative estimate of drug-likeness (QED) is 0.535. The molecule has 180 valence electrons. The lowest BCUT2D eigenvalue weighted by atomic mass is 9.99. The molecule has 0 aromatic carbocycles. The molecule has 0 fully saturated rings. The Kier molecular flexibility index (Phi) is 10.3. The maximum absolute atomic E-state index is 13.2. The molecule has 2 N–H and O–H groups in total. The zero-order valence-electron chi connectivity index (χ0n) is 21.4. The smallest absolute Gasteiger partial charge is 0.410 e. The average molecular weight is 445 g/mol. The second kappa shape index (κ2) is 11.9. The molecule has 0 aliphatic rings. The Bertz CT molecular complexity index is 663. The van der Waals surface area contributed by atoms with Gasteiger partial charge in [-0.25, -0.2) is 9.59 Å². The Hall–Kier alpha value is -2.32. The van der Waals surface area contributed by atoms with Crippen LogP contribution in [0.3, 0.4) is 0 Å². The molecule has 0 saturated carbocycles. The number of ether oxygens (including phenoxy) is 1. The van der Waals surface area contributed by atoms with E-state index in [0.717, 1.165) is 4.90 Å². The molecular weight excluding hydrogens is 402 g/mol. The van der Waals surface area contributed by atoms with Crippen molar-refractivity contribution in [3.63, 3.8) is 0 Å². The number of hydrogen-bond donors (Lipinski definition) is 2. The van der Waals surface area contributed by atoms with E-state index < -0.39 is 54.6 Å². The van der Waals surface area contributed by atoms with Crippen LogP contribution < -0.4 is 5.32 Å². The number of nitrogens with one attached hydrogen (secondary N) is 1. The number of likely N-dealkylation sites (N-methyl/N-ethyl adjacent to an activating group) is 2. The average Bonchev–Trinajstić information content (AvgIpc) is 2.63. The summed E-state index contributed by atoms with van der Waals surface area (Å²) >= 11 is 0. The largest absolute Gasteiger partial charge is 0.480 e. The zero-order valence-corrected chi connectivity index (χ0v) is 20.4. The van der Waals surface area contributed by atoms with E-state index in [1.807, 2.05) is 27.7 Å². The van der Waals surface area contributed by atoms with Gasteiger partial charge in [0.2, 0.25) is 11.8 Å². The lowest BCUT2D eigenvalue weighted by molar-refractivity contribution is -0.149. The highest BCUT2D eigenvalue weighted by Gasteiger charge is 2.35. The van der Waals surface area contributed by atoms with Gasteiger partial charge in [-0.2, -0.15) is 0 Å². The summed E-state index contributed by atoms with van der Waals surface area (Å²) in [5.41, 5.74) is -0.734. The maximum Gasteiger partial charge on any atom is 0.410 e. The number of carbonyl (C=O) groups excluding carboxylic acids is 3. The standard InChI is InChI=1S/C22H41N3O6/c1-13(2)11-16(19(27)24(9)15(5)20(28)29)23-18(26)17(12-14(3)4)25(10)21(30)31-22(6,7)8/h13-17H,11-12H2,1-10H3,(H,23,26)(H,28,29)/t15-,16-,17-/m0/s1/i9D. The number of rotatable bonds is 10. The van der Waals surface area contributed by atoms with Gasteiger partial charge in [0.15, 0.2) is 0 Å². The molecule has 0 bridgehead atoms. The van der Waals surface area contributed by atoms with Crippen LogP contribution in [0.15, 0.2) is 0 Å². The Labute approximate surface area is 187 Å². The van der Waals surface area contributed by atoms with Gasteiger partial charge in [0.05, 0.1) is 0 Å². The number of amides is 3. The van der Waals surface area contributed by atoms with Crippen LogP contribution in [0.4, 0.5) is 4.79 Å². The van der Waals surface area contributed by atoms with E-state index in [0.29, 0.717) is 6.42 Å². The van der Waals surface area contributed by atoms with E-state index in [2.05, 4.69) is 5.32 Å². The summed E-state index contributed by atoms with van der Waals surface area (Å²) in [6.45, 7) is 14.1. The second-order valence-corrected chi connectivity index (χ2v) is 9.75. The normalized spacial score (nSPS) is 15.0. The minimum Gasteiger partial charge on any atom is -0.480 e.